The molecule has 0 aliphatic carbocycles. The quantitative estimate of drug-likeness (QED) is 0.691. The van der Waals surface area contributed by atoms with Crippen LogP contribution in [0.4, 0.5) is 0 Å². The van der Waals surface area contributed by atoms with E-state index in [1.807, 2.05) is 0 Å². The van der Waals surface area contributed by atoms with Gasteiger partial charge in [-0.1, -0.05) is 0 Å². The SMILES string of the molecule is CC(CCN1CCN(C)CC1)S(=O)(=O)O. The third-order valence-corrected chi connectivity index (χ3v) is 4.21. The molecule has 0 aromatic rings. The van der Waals surface area contributed by atoms with Gasteiger partial charge in [-0.25, -0.2) is 0 Å². The van der Waals surface area contributed by atoms with Crippen LogP contribution < -0.4 is 0 Å². The summed E-state index contributed by atoms with van der Waals surface area (Å²) in [6.45, 7) is 6.31. The maximum Gasteiger partial charge on any atom is 0.267 e. The van der Waals surface area contributed by atoms with Crippen molar-refractivity contribution in [2.75, 3.05) is 39.8 Å². The van der Waals surface area contributed by atoms with E-state index in [1.165, 1.54) is 0 Å². The van der Waals surface area contributed by atoms with Gasteiger partial charge in [-0.05, 0) is 26.9 Å². The van der Waals surface area contributed by atoms with Crippen molar-refractivity contribution in [3.8, 4) is 0 Å². The van der Waals surface area contributed by atoms with Gasteiger partial charge in [-0.2, -0.15) is 8.42 Å². The second kappa shape index (κ2) is 5.25. The Balaban J connectivity index is 2.26. The number of piperazine rings is 1. The number of hydrogen-bond acceptors (Lipinski definition) is 4. The first-order valence-corrected chi connectivity index (χ1v) is 6.77. The lowest BCUT2D eigenvalue weighted by atomic mass is 10.2. The summed E-state index contributed by atoms with van der Waals surface area (Å²) in [5.41, 5.74) is 0. The fourth-order valence-electron chi connectivity index (χ4n) is 1.58. The van der Waals surface area contributed by atoms with Crippen LogP contribution in [0.3, 0.4) is 0 Å². The number of hydrogen-bond donors (Lipinski definition) is 1. The van der Waals surface area contributed by atoms with Crippen molar-refractivity contribution in [2.45, 2.75) is 18.6 Å². The van der Waals surface area contributed by atoms with Crippen LogP contribution in [0.2, 0.25) is 0 Å². The first kappa shape index (κ1) is 12.9. The number of rotatable bonds is 4. The third kappa shape index (κ3) is 4.46. The van der Waals surface area contributed by atoms with Crippen LogP contribution in [-0.4, -0.2) is 67.8 Å². The van der Waals surface area contributed by atoms with Crippen molar-refractivity contribution in [3.63, 3.8) is 0 Å². The second-order valence-electron chi connectivity index (χ2n) is 4.26. The first-order valence-electron chi connectivity index (χ1n) is 5.27. The van der Waals surface area contributed by atoms with Crippen LogP contribution in [0.25, 0.3) is 0 Å². The fraction of sp³-hybridized carbons (Fsp3) is 1.00. The molecule has 1 aliphatic heterocycles. The van der Waals surface area contributed by atoms with Gasteiger partial charge in [-0.15, -0.1) is 0 Å². The minimum atomic E-state index is -3.85. The Kier molecular flexibility index (Phi) is 4.51. The highest BCUT2D eigenvalue weighted by molar-refractivity contribution is 7.86. The van der Waals surface area contributed by atoms with E-state index in [0.717, 1.165) is 32.7 Å². The van der Waals surface area contributed by atoms with Gasteiger partial charge >= 0.3 is 0 Å². The predicted molar refractivity (Wildman–Crippen MR) is 59.6 cm³/mol. The molecule has 5 nitrogen and oxygen atoms in total. The summed E-state index contributed by atoms with van der Waals surface area (Å²) < 4.78 is 30.4. The molecule has 15 heavy (non-hydrogen) atoms. The average Bonchev–Trinajstić information content (AvgIpc) is 2.15. The monoisotopic (exact) mass is 236 g/mol. The van der Waals surface area contributed by atoms with Crippen LogP contribution >= 0.6 is 0 Å². The molecule has 1 atom stereocenters. The van der Waals surface area contributed by atoms with E-state index in [9.17, 15) is 8.42 Å². The molecule has 1 N–H and O–H groups in total. The van der Waals surface area contributed by atoms with Gasteiger partial charge in [0.25, 0.3) is 10.1 Å². The summed E-state index contributed by atoms with van der Waals surface area (Å²) in [4.78, 5) is 4.49. The van der Waals surface area contributed by atoms with E-state index in [2.05, 4.69) is 16.8 Å². The molecule has 0 spiro atoms. The van der Waals surface area contributed by atoms with Crippen LogP contribution in [0.5, 0.6) is 0 Å². The van der Waals surface area contributed by atoms with Crippen molar-refractivity contribution in [1.82, 2.24) is 9.80 Å². The standard InChI is InChI=1S/C9H20N2O3S/c1-9(15(12,13)14)3-4-11-7-5-10(2)6-8-11/h9H,3-8H2,1-2H3,(H,12,13,14). The highest BCUT2D eigenvalue weighted by Gasteiger charge is 2.19. The van der Waals surface area contributed by atoms with E-state index >= 15 is 0 Å². The van der Waals surface area contributed by atoms with Crippen LogP contribution in [0.15, 0.2) is 0 Å². The van der Waals surface area contributed by atoms with E-state index in [1.54, 1.807) is 6.92 Å². The van der Waals surface area contributed by atoms with Crippen molar-refractivity contribution < 1.29 is 13.0 Å². The summed E-state index contributed by atoms with van der Waals surface area (Å²) in [5.74, 6) is 0. The Hall–Kier alpha value is -0.170. The molecule has 6 heteroatoms. The Labute approximate surface area is 91.8 Å². The highest BCUT2D eigenvalue weighted by Crippen LogP contribution is 2.06. The van der Waals surface area contributed by atoms with Gasteiger partial charge in [0.2, 0.25) is 0 Å². The molecule has 0 bridgehead atoms. The molecule has 1 saturated heterocycles. The second-order valence-corrected chi connectivity index (χ2v) is 6.09. The van der Waals surface area contributed by atoms with Gasteiger partial charge in [0, 0.05) is 26.2 Å². The van der Waals surface area contributed by atoms with Gasteiger partial charge in [0.05, 0.1) is 5.25 Å². The molecule has 1 rings (SSSR count). The molecule has 1 aliphatic rings. The van der Waals surface area contributed by atoms with Crippen molar-refractivity contribution in [2.24, 2.45) is 0 Å². The Bertz CT molecular complexity index is 284. The van der Waals surface area contributed by atoms with Crippen LogP contribution in [0, 0.1) is 0 Å². The van der Waals surface area contributed by atoms with Crippen molar-refractivity contribution in [1.29, 1.82) is 0 Å². The van der Waals surface area contributed by atoms with Gasteiger partial charge in [0.1, 0.15) is 0 Å². The molecule has 0 aromatic heterocycles. The molecule has 0 saturated carbocycles. The summed E-state index contributed by atoms with van der Waals surface area (Å²) in [6, 6.07) is 0. The maximum absolute atomic E-state index is 10.8. The number of likely N-dealkylation sites (N-methyl/N-ethyl adjacent to an activating group) is 1. The molecule has 0 aromatic carbocycles. The largest absolute Gasteiger partial charge is 0.304 e. The van der Waals surface area contributed by atoms with Gasteiger partial charge in [-0.3, -0.25) is 4.55 Å². The van der Waals surface area contributed by atoms with Gasteiger partial charge in [0.15, 0.2) is 0 Å². The number of nitrogens with zero attached hydrogens (tertiary/aromatic N) is 2. The zero-order valence-corrected chi connectivity index (χ0v) is 10.2. The molecule has 1 heterocycles. The van der Waals surface area contributed by atoms with Crippen LogP contribution in [0.1, 0.15) is 13.3 Å². The Morgan fingerprint density at radius 1 is 1.27 bits per heavy atom. The van der Waals surface area contributed by atoms with E-state index in [4.69, 9.17) is 4.55 Å². The summed E-state index contributed by atoms with van der Waals surface area (Å²) >= 11 is 0. The highest BCUT2D eigenvalue weighted by atomic mass is 32.2. The molecule has 0 amide bonds. The van der Waals surface area contributed by atoms with E-state index in [0.29, 0.717) is 6.42 Å². The lowest BCUT2D eigenvalue weighted by Gasteiger charge is -2.32. The topological polar surface area (TPSA) is 60.9 Å². The lowest BCUT2D eigenvalue weighted by Crippen LogP contribution is -2.45. The van der Waals surface area contributed by atoms with E-state index < -0.39 is 15.4 Å². The molecular weight excluding hydrogens is 216 g/mol. The third-order valence-electron chi connectivity index (χ3n) is 2.96. The van der Waals surface area contributed by atoms with Crippen LogP contribution in [-0.2, 0) is 10.1 Å². The van der Waals surface area contributed by atoms with Crippen molar-refractivity contribution >= 4 is 10.1 Å². The molecule has 0 radical (unpaired) electrons. The molecule has 1 unspecified atom stereocenters. The minimum absolute atomic E-state index is 0.503. The van der Waals surface area contributed by atoms with Crippen molar-refractivity contribution in [3.05, 3.63) is 0 Å². The Morgan fingerprint density at radius 2 is 1.80 bits per heavy atom. The summed E-state index contributed by atoms with van der Waals surface area (Å²) in [5, 5.41) is -0.655. The zero-order valence-electron chi connectivity index (χ0n) is 9.39. The summed E-state index contributed by atoms with van der Waals surface area (Å²) in [6.07, 6.45) is 0.503. The van der Waals surface area contributed by atoms with Gasteiger partial charge < -0.3 is 9.80 Å². The smallest absolute Gasteiger partial charge is 0.267 e. The molecule has 1 fully saturated rings. The lowest BCUT2D eigenvalue weighted by molar-refractivity contribution is 0.152. The fourth-order valence-corrected chi connectivity index (χ4v) is 1.99. The maximum atomic E-state index is 10.8. The molecular formula is C9H20N2O3S. The predicted octanol–water partition coefficient (Wildman–Crippen LogP) is -0.0998. The normalized spacial score (nSPS) is 22.9. The zero-order chi connectivity index (χ0) is 11.5. The molecule has 90 valence electrons. The summed E-state index contributed by atoms with van der Waals surface area (Å²) in [7, 11) is -1.77. The minimum Gasteiger partial charge on any atom is -0.304 e. The first-order chi connectivity index (χ1) is 6.89. The Morgan fingerprint density at radius 3 is 2.27 bits per heavy atom. The van der Waals surface area contributed by atoms with E-state index in [-0.39, 0.29) is 0 Å². The average molecular weight is 236 g/mol.